The van der Waals surface area contributed by atoms with Gasteiger partial charge in [0.1, 0.15) is 0 Å². The molecule has 2 aromatic rings. The smallest absolute Gasteiger partial charge is 0.233 e. The van der Waals surface area contributed by atoms with Gasteiger partial charge in [-0.05, 0) is 36.4 Å². The molecule has 0 aromatic heterocycles. The maximum Gasteiger partial charge on any atom is 0.233 e. The van der Waals surface area contributed by atoms with Gasteiger partial charge >= 0.3 is 0 Å². The lowest BCUT2D eigenvalue weighted by Gasteiger charge is -2.36. The molecule has 0 radical (unpaired) electrons. The fourth-order valence-corrected chi connectivity index (χ4v) is 3.45. The summed E-state index contributed by atoms with van der Waals surface area (Å²) in [5.41, 5.74) is 7.65. The molecule has 0 aliphatic carbocycles. The highest BCUT2D eigenvalue weighted by molar-refractivity contribution is 8.00. The Bertz CT molecular complexity index is 637. The molecule has 1 aliphatic heterocycles. The third-order valence-corrected chi connectivity index (χ3v) is 4.99. The number of benzene rings is 2. The monoisotopic (exact) mass is 327 g/mol. The third-order valence-electron chi connectivity index (χ3n) is 4.00. The summed E-state index contributed by atoms with van der Waals surface area (Å²) >= 11 is 1.57. The first kappa shape index (κ1) is 15.7. The first-order chi connectivity index (χ1) is 11.2. The van der Waals surface area contributed by atoms with Crippen LogP contribution in [-0.2, 0) is 4.79 Å². The van der Waals surface area contributed by atoms with E-state index in [0.29, 0.717) is 5.75 Å². The zero-order valence-corrected chi connectivity index (χ0v) is 13.8. The lowest BCUT2D eigenvalue weighted by atomic mass is 10.2. The van der Waals surface area contributed by atoms with Gasteiger partial charge in [0.25, 0.3) is 0 Å². The van der Waals surface area contributed by atoms with Crippen molar-refractivity contribution >= 4 is 29.0 Å². The summed E-state index contributed by atoms with van der Waals surface area (Å²) in [6.45, 7) is 3.36. The van der Waals surface area contributed by atoms with Crippen LogP contribution in [0.2, 0.25) is 0 Å². The predicted octanol–water partition coefficient (Wildman–Crippen LogP) is 2.71. The summed E-state index contributed by atoms with van der Waals surface area (Å²) < 4.78 is 0. The van der Waals surface area contributed by atoms with E-state index in [9.17, 15) is 4.79 Å². The van der Waals surface area contributed by atoms with E-state index in [1.54, 1.807) is 11.8 Å². The van der Waals surface area contributed by atoms with Crippen LogP contribution in [0.4, 0.5) is 11.4 Å². The van der Waals surface area contributed by atoms with Crippen LogP contribution in [0.25, 0.3) is 0 Å². The van der Waals surface area contributed by atoms with Crippen LogP contribution >= 0.6 is 11.8 Å². The van der Waals surface area contributed by atoms with Crippen LogP contribution in [0, 0.1) is 0 Å². The SMILES string of the molecule is Nc1ccc(SCC(=O)N2CCN(c3ccccc3)CC2)cc1. The highest BCUT2D eigenvalue weighted by atomic mass is 32.2. The number of rotatable bonds is 4. The molecule has 0 saturated carbocycles. The van der Waals surface area contributed by atoms with E-state index in [4.69, 9.17) is 5.73 Å². The molecule has 23 heavy (non-hydrogen) atoms. The summed E-state index contributed by atoms with van der Waals surface area (Å²) in [5.74, 6) is 0.689. The first-order valence-corrected chi connectivity index (χ1v) is 8.77. The zero-order valence-electron chi connectivity index (χ0n) is 13.0. The molecule has 1 aliphatic rings. The van der Waals surface area contributed by atoms with Crippen molar-refractivity contribution in [2.45, 2.75) is 4.90 Å². The van der Waals surface area contributed by atoms with Gasteiger partial charge < -0.3 is 15.5 Å². The van der Waals surface area contributed by atoms with Crippen molar-refractivity contribution in [1.29, 1.82) is 0 Å². The second-order valence-corrected chi connectivity index (χ2v) is 6.61. The molecule has 1 saturated heterocycles. The summed E-state index contributed by atoms with van der Waals surface area (Å²) in [6, 6.07) is 18.0. The minimum absolute atomic E-state index is 0.208. The van der Waals surface area contributed by atoms with E-state index >= 15 is 0 Å². The van der Waals surface area contributed by atoms with E-state index in [2.05, 4.69) is 29.2 Å². The number of carbonyl (C=O) groups is 1. The quantitative estimate of drug-likeness (QED) is 0.693. The highest BCUT2D eigenvalue weighted by Gasteiger charge is 2.21. The van der Waals surface area contributed by atoms with Gasteiger partial charge in [-0.1, -0.05) is 18.2 Å². The fourth-order valence-electron chi connectivity index (χ4n) is 2.65. The van der Waals surface area contributed by atoms with Gasteiger partial charge in [0, 0.05) is 42.4 Å². The van der Waals surface area contributed by atoms with Crippen LogP contribution in [0.15, 0.2) is 59.5 Å². The van der Waals surface area contributed by atoms with Crippen LogP contribution in [0.3, 0.4) is 0 Å². The van der Waals surface area contributed by atoms with Crippen molar-refractivity contribution in [3.8, 4) is 0 Å². The molecule has 0 bridgehead atoms. The number of hydrogen-bond acceptors (Lipinski definition) is 4. The lowest BCUT2D eigenvalue weighted by Crippen LogP contribution is -2.49. The van der Waals surface area contributed by atoms with Gasteiger partial charge in [-0.3, -0.25) is 4.79 Å². The number of thioether (sulfide) groups is 1. The predicted molar refractivity (Wildman–Crippen MR) is 96.8 cm³/mol. The Morgan fingerprint density at radius 2 is 1.61 bits per heavy atom. The molecular weight excluding hydrogens is 306 g/mol. The average molecular weight is 327 g/mol. The summed E-state index contributed by atoms with van der Waals surface area (Å²) in [4.78, 5) is 17.7. The van der Waals surface area contributed by atoms with Crippen molar-refractivity contribution in [1.82, 2.24) is 4.90 Å². The van der Waals surface area contributed by atoms with Gasteiger partial charge in [-0.25, -0.2) is 0 Å². The standard InChI is InChI=1S/C18H21N3OS/c19-15-6-8-17(9-7-15)23-14-18(22)21-12-10-20(11-13-21)16-4-2-1-3-5-16/h1-9H,10-14,19H2. The van der Waals surface area contributed by atoms with Crippen LogP contribution in [0.5, 0.6) is 0 Å². The fraction of sp³-hybridized carbons (Fsp3) is 0.278. The number of anilines is 2. The first-order valence-electron chi connectivity index (χ1n) is 7.78. The molecule has 1 amide bonds. The summed E-state index contributed by atoms with van der Waals surface area (Å²) in [7, 11) is 0. The summed E-state index contributed by atoms with van der Waals surface area (Å²) in [6.07, 6.45) is 0. The molecule has 5 heteroatoms. The Labute approximate surface area is 141 Å². The van der Waals surface area contributed by atoms with Gasteiger partial charge in [0.15, 0.2) is 0 Å². The Balaban J connectivity index is 1.47. The molecule has 3 rings (SSSR count). The number of carbonyl (C=O) groups excluding carboxylic acids is 1. The lowest BCUT2D eigenvalue weighted by molar-refractivity contribution is -0.128. The average Bonchev–Trinajstić information content (AvgIpc) is 2.62. The maximum atomic E-state index is 12.3. The van der Waals surface area contributed by atoms with E-state index in [-0.39, 0.29) is 5.91 Å². The maximum absolute atomic E-state index is 12.3. The molecule has 1 heterocycles. The Morgan fingerprint density at radius 3 is 2.26 bits per heavy atom. The van der Waals surface area contributed by atoms with Gasteiger partial charge in [0.05, 0.1) is 5.75 Å². The molecular formula is C18H21N3OS. The number of nitrogen functional groups attached to an aromatic ring is 1. The van der Waals surface area contributed by atoms with E-state index in [0.717, 1.165) is 36.8 Å². The van der Waals surface area contributed by atoms with Crippen molar-refractivity contribution in [2.75, 3.05) is 42.6 Å². The number of nitrogens with two attached hydrogens (primary N) is 1. The molecule has 2 aromatic carbocycles. The Morgan fingerprint density at radius 1 is 0.957 bits per heavy atom. The van der Waals surface area contributed by atoms with Crippen molar-refractivity contribution < 1.29 is 4.79 Å². The van der Waals surface area contributed by atoms with Gasteiger partial charge in [-0.2, -0.15) is 0 Å². The number of nitrogens with zero attached hydrogens (tertiary/aromatic N) is 2. The molecule has 4 nitrogen and oxygen atoms in total. The second-order valence-electron chi connectivity index (χ2n) is 5.56. The number of hydrogen-bond donors (Lipinski definition) is 1. The summed E-state index contributed by atoms with van der Waals surface area (Å²) in [5, 5.41) is 0. The van der Waals surface area contributed by atoms with E-state index in [1.165, 1.54) is 5.69 Å². The van der Waals surface area contributed by atoms with Gasteiger partial charge in [0.2, 0.25) is 5.91 Å². The number of piperazine rings is 1. The molecule has 2 N–H and O–H groups in total. The Kier molecular flexibility index (Phi) is 5.08. The van der Waals surface area contributed by atoms with Crippen molar-refractivity contribution in [2.24, 2.45) is 0 Å². The van der Waals surface area contributed by atoms with Gasteiger partial charge in [-0.15, -0.1) is 11.8 Å². The van der Waals surface area contributed by atoms with E-state index < -0.39 is 0 Å². The topological polar surface area (TPSA) is 49.6 Å². The molecule has 120 valence electrons. The largest absolute Gasteiger partial charge is 0.399 e. The number of amides is 1. The highest BCUT2D eigenvalue weighted by Crippen LogP contribution is 2.20. The molecule has 1 fully saturated rings. The van der Waals surface area contributed by atoms with Crippen molar-refractivity contribution in [3.05, 3.63) is 54.6 Å². The minimum Gasteiger partial charge on any atom is -0.399 e. The molecule has 0 spiro atoms. The number of para-hydroxylation sites is 1. The van der Waals surface area contributed by atoms with Crippen LogP contribution < -0.4 is 10.6 Å². The van der Waals surface area contributed by atoms with Crippen LogP contribution in [-0.4, -0.2) is 42.7 Å². The van der Waals surface area contributed by atoms with Crippen molar-refractivity contribution in [3.63, 3.8) is 0 Å². The van der Waals surface area contributed by atoms with Crippen LogP contribution in [0.1, 0.15) is 0 Å². The molecule has 0 unspecified atom stereocenters. The Hall–Kier alpha value is -2.14. The third kappa shape index (κ3) is 4.20. The zero-order chi connectivity index (χ0) is 16.1. The second kappa shape index (κ2) is 7.42. The van der Waals surface area contributed by atoms with E-state index in [1.807, 2.05) is 35.2 Å². The normalized spacial score (nSPS) is 14.8. The molecule has 0 atom stereocenters. The minimum atomic E-state index is 0.208.